The van der Waals surface area contributed by atoms with Crippen LogP contribution in [0.25, 0.3) is 5.52 Å². The highest BCUT2D eigenvalue weighted by Gasteiger charge is 2.33. The van der Waals surface area contributed by atoms with Gasteiger partial charge in [0.25, 0.3) is 0 Å². The van der Waals surface area contributed by atoms with Gasteiger partial charge in [0.05, 0.1) is 16.6 Å². The number of rotatable bonds is 6. The first-order valence-electron chi connectivity index (χ1n) is 13.1. The van der Waals surface area contributed by atoms with Crippen LogP contribution < -0.4 is 0 Å². The van der Waals surface area contributed by atoms with Crippen LogP contribution >= 0.6 is 0 Å². The van der Waals surface area contributed by atoms with Crippen molar-refractivity contribution in [3.05, 3.63) is 146 Å². The van der Waals surface area contributed by atoms with E-state index in [4.69, 9.17) is 0 Å². The number of nitrogens with zero attached hydrogens (tertiary/aromatic N) is 1. The second kappa shape index (κ2) is 9.95. The molecular formula is C35H31NO3. The van der Waals surface area contributed by atoms with E-state index in [9.17, 15) is 14.4 Å². The molecule has 0 aliphatic carbocycles. The fraction of sp³-hybridized carbons (Fsp3) is 0.171. The summed E-state index contributed by atoms with van der Waals surface area (Å²) in [7, 11) is 0. The molecule has 5 rings (SSSR count). The summed E-state index contributed by atoms with van der Waals surface area (Å²) in [6.45, 7) is 11.6. The maximum Gasteiger partial charge on any atom is 0.210 e. The number of aromatic nitrogens is 1. The van der Waals surface area contributed by atoms with Crippen LogP contribution in [0.1, 0.15) is 81.3 Å². The molecule has 2 heterocycles. The Kier molecular flexibility index (Phi) is 6.65. The molecule has 0 radical (unpaired) electrons. The molecule has 0 aliphatic heterocycles. The van der Waals surface area contributed by atoms with Crippen molar-refractivity contribution in [2.45, 2.75) is 41.5 Å². The maximum atomic E-state index is 14.4. The molecule has 0 atom stereocenters. The Morgan fingerprint density at radius 1 is 0.513 bits per heavy atom. The highest BCUT2D eigenvalue weighted by Crippen LogP contribution is 2.32. The molecule has 2 aromatic heterocycles. The summed E-state index contributed by atoms with van der Waals surface area (Å²) in [5.74, 6) is -0.900. The van der Waals surface area contributed by atoms with Gasteiger partial charge in [-0.25, -0.2) is 0 Å². The quantitative estimate of drug-likeness (QED) is 0.221. The third-order valence-electron chi connectivity index (χ3n) is 7.39. The Bertz CT molecular complexity index is 1720. The average Bonchev–Trinajstić information content (AvgIpc) is 3.23. The van der Waals surface area contributed by atoms with Crippen molar-refractivity contribution in [3.63, 3.8) is 0 Å². The Morgan fingerprint density at radius 3 is 1.41 bits per heavy atom. The first-order chi connectivity index (χ1) is 18.6. The van der Waals surface area contributed by atoms with Crippen molar-refractivity contribution in [1.82, 2.24) is 4.40 Å². The Balaban J connectivity index is 1.87. The molecule has 4 heteroatoms. The molecule has 194 valence electrons. The highest BCUT2D eigenvalue weighted by molar-refractivity contribution is 6.28. The number of carbonyl (C=O) groups is 3. The van der Waals surface area contributed by atoms with Crippen LogP contribution in [-0.4, -0.2) is 21.8 Å². The average molecular weight is 514 g/mol. The van der Waals surface area contributed by atoms with E-state index in [1.165, 1.54) is 0 Å². The molecular weight excluding hydrogens is 482 g/mol. The number of hydrogen-bond acceptors (Lipinski definition) is 3. The second-order valence-electron chi connectivity index (χ2n) is 10.5. The molecule has 3 aromatic carbocycles. The predicted molar refractivity (Wildman–Crippen MR) is 155 cm³/mol. The van der Waals surface area contributed by atoms with Gasteiger partial charge in [-0.15, -0.1) is 0 Å². The zero-order valence-electron chi connectivity index (χ0n) is 23.2. The number of ketones is 3. The molecule has 0 saturated carbocycles. The van der Waals surface area contributed by atoms with E-state index < -0.39 is 0 Å². The lowest BCUT2D eigenvalue weighted by molar-refractivity contribution is 0.0990. The molecule has 0 spiro atoms. The second-order valence-corrected chi connectivity index (χ2v) is 10.5. The van der Waals surface area contributed by atoms with Crippen molar-refractivity contribution in [3.8, 4) is 0 Å². The normalized spacial score (nSPS) is 11.1. The van der Waals surface area contributed by atoms with E-state index in [1.54, 1.807) is 34.9 Å². The summed E-state index contributed by atoms with van der Waals surface area (Å²) in [6.07, 6.45) is 1.75. The van der Waals surface area contributed by atoms with Gasteiger partial charge in [0.2, 0.25) is 5.78 Å². The van der Waals surface area contributed by atoms with Crippen LogP contribution in [0.2, 0.25) is 0 Å². The first kappa shape index (κ1) is 26.1. The van der Waals surface area contributed by atoms with Crippen LogP contribution in [0.3, 0.4) is 0 Å². The number of aryl methyl sites for hydroxylation is 6. The van der Waals surface area contributed by atoms with Gasteiger partial charge in [-0.3, -0.25) is 14.4 Å². The lowest BCUT2D eigenvalue weighted by Gasteiger charge is -2.12. The van der Waals surface area contributed by atoms with Crippen molar-refractivity contribution < 1.29 is 14.4 Å². The van der Waals surface area contributed by atoms with E-state index in [-0.39, 0.29) is 34.2 Å². The lowest BCUT2D eigenvalue weighted by Crippen LogP contribution is -2.16. The fourth-order valence-electron chi connectivity index (χ4n) is 5.48. The molecule has 5 aromatic rings. The number of benzene rings is 3. The van der Waals surface area contributed by atoms with Gasteiger partial charge in [-0.2, -0.15) is 0 Å². The zero-order valence-corrected chi connectivity index (χ0v) is 23.2. The van der Waals surface area contributed by atoms with E-state index >= 15 is 0 Å². The third-order valence-corrected chi connectivity index (χ3v) is 7.39. The molecule has 0 aliphatic rings. The smallest absolute Gasteiger partial charge is 0.210 e. The number of hydrogen-bond donors (Lipinski definition) is 0. The summed E-state index contributed by atoms with van der Waals surface area (Å²) < 4.78 is 1.70. The predicted octanol–water partition coefficient (Wildman–Crippen LogP) is 7.48. The lowest BCUT2D eigenvalue weighted by atomic mass is 9.88. The number of carbonyl (C=O) groups excluding carboxylic acids is 3. The third kappa shape index (κ3) is 4.52. The molecule has 0 unspecified atom stereocenters. The van der Waals surface area contributed by atoms with Crippen LogP contribution in [0.4, 0.5) is 0 Å². The molecule has 39 heavy (non-hydrogen) atoms. The van der Waals surface area contributed by atoms with Crippen LogP contribution in [0, 0.1) is 41.5 Å². The molecule has 0 bridgehead atoms. The summed E-state index contributed by atoms with van der Waals surface area (Å²) in [5, 5.41) is 0. The first-order valence-corrected chi connectivity index (χ1v) is 13.1. The van der Waals surface area contributed by atoms with Gasteiger partial charge in [0.1, 0.15) is 5.69 Å². The monoisotopic (exact) mass is 513 g/mol. The minimum atomic E-state index is -0.336. The van der Waals surface area contributed by atoms with E-state index in [1.807, 2.05) is 90.1 Å². The molecule has 0 amide bonds. The van der Waals surface area contributed by atoms with Crippen molar-refractivity contribution >= 4 is 22.9 Å². The van der Waals surface area contributed by atoms with Crippen molar-refractivity contribution in [2.75, 3.05) is 0 Å². The molecule has 0 N–H and O–H groups in total. The van der Waals surface area contributed by atoms with E-state index in [2.05, 4.69) is 0 Å². The van der Waals surface area contributed by atoms with Gasteiger partial charge >= 0.3 is 0 Å². The van der Waals surface area contributed by atoms with Gasteiger partial charge in [-0.05, 0) is 70.4 Å². The van der Waals surface area contributed by atoms with Gasteiger partial charge < -0.3 is 4.40 Å². The maximum absolute atomic E-state index is 14.4. The van der Waals surface area contributed by atoms with E-state index in [0.717, 1.165) is 33.4 Å². The zero-order chi connectivity index (χ0) is 28.0. The van der Waals surface area contributed by atoms with Gasteiger partial charge in [-0.1, -0.05) is 77.4 Å². The number of pyridine rings is 1. The Morgan fingerprint density at radius 2 is 0.949 bits per heavy atom. The Hall–Kier alpha value is -4.57. The largest absolute Gasteiger partial charge is 0.312 e. The molecule has 4 nitrogen and oxygen atoms in total. The standard InChI is InChI=1S/C35H31NO3/c1-20-10-13-26(23(4)17-20)33(37)30-29-9-7-8-16-36(29)32(35(39)28-15-12-22(3)19-25(28)6)31(30)34(38)27-14-11-21(2)18-24(27)5/h7-19H,1-6H3. The van der Waals surface area contributed by atoms with Gasteiger partial charge in [0, 0.05) is 22.9 Å². The number of fused-ring (bicyclic) bond motifs is 1. The Labute approximate surface area is 228 Å². The van der Waals surface area contributed by atoms with Crippen molar-refractivity contribution in [2.24, 2.45) is 0 Å². The molecule has 0 saturated heterocycles. The minimum absolute atomic E-state index is 0.142. The SMILES string of the molecule is Cc1ccc(C(=O)c2c(C(=O)c3ccc(C)cc3C)c3ccccn3c2C(=O)c2ccc(C)cc2C)c(C)c1. The van der Waals surface area contributed by atoms with Crippen LogP contribution in [0.15, 0.2) is 79.0 Å². The molecule has 0 fully saturated rings. The summed E-state index contributed by atoms with van der Waals surface area (Å²) in [4.78, 5) is 43.0. The summed E-state index contributed by atoms with van der Waals surface area (Å²) >= 11 is 0. The van der Waals surface area contributed by atoms with Gasteiger partial charge in [0.15, 0.2) is 11.6 Å². The van der Waals surface area contributed by atoms with Crippen LogP contribution in [0.5, 0.6) is 0 Å². The summed E-state index contributed by atoms with van der Waals surface area (Å²) in [6, 6.07) is 22.3. The summed E-state index contributed by atoms with van der Waals surface area (Å²) in [5.41, 5.74) is 8.17. The van der Waals surface area contributed by atoms with Crippen LogP contribution in [-0.2, 0) is 0 Å². The minimum Gasteiger partial charge on any atom is -0.312 e. The highest BCUT2D eigenvalue weighted by atomic mass is 16.1. The topological polar surface area (TPSA) is 55.6 Å². The van der Waals surface area contributed by atoms with Crippen molar-refractivity contribution in [1.29, 1.82) is 0 Å². The van der Waals surface area contributed by atoms with E-state index in [0.29, 0.717) is 22.2 Å². The fourth-order valence-corrected chi connectivity index (χ4v) is 5.48.